The SMILES string of the molecule is CCc1c2ccccc2c(-c2cccc3c2Cc2cccc(-c4c5ccccc5c(CC)c5ccccc45)c2-3)c2ccccc12. The van der Waals surface area contributed by atoms with Gasteiger partial charge in [-0.3, -0.25) is 0 Å². The standard InChI is InChI=1S/C45H34/c1-3-29-31-16-5-9-20-35(31)44(36-21-10-6-17-32(29)36)40-25-14-24-39-42(40)27-28-15-13-26-41(43(28)39)45-37-22-11-7-18-33(37)30(4-2)34-19-8-12-23-38(34)45/h5-26H,3-4,27H2,1-2H3. The topological polar surface area (TPSA) is 0 Å². The molecule has 0 amide bonds. The van der Waals surface area contributed by atoms with E-state index in [0.29, 0.717) is 0 Å². The zero-order valence-corrected chi connectivity index (χ0v) is 25.8. The molecule has 0 atom stereocenters. The molecule has 0 fully saturated rings. The van der Waals surface area contributed by atoms with Crippen LogP contribution < -0.4 is 0 Å². The Kier molecular flexibility index (Phi) is 5.93. The lowest BCUT2D eigenvalue weighted by molar-refractivity contribution is 1.18. The van der Waals surface area contributed by atoms with Gasteiger partial charge in [0.1, 0.15) is 0 Å². The van der Waals surface area contributed by atoms with E-state index < -0.39 is 0 Å². The Labute approximate surface area is 264 Å². The van der Waals surface area contributed by atoms with Gasteiger partial charge in [0.15, 0.2) is 0 Å². The van der Waals surface area contributed by atoms with Gasteiger partial charge in [-0.1, -0.05) is 147 Å². The van der Waals surface area contributed by atoms with Crippen molar-refractivity contribution in [2.75, 3.05) is 0 Å². The van der Waals surface area contributed by atoms with Crippen LogP contribution in [0.3, 0.4) is 0 Å². The quantitative estimate of drug-likeness (QED) is 0.183. The second kappa shape index (κ2) is 10.2. The second-order valence-electron chi connectivity index (χ2n) is 12.4. The third-order valence-electron chi connectivity index (χ3n) is 10.3. The first-order valence-corrected chi connectivity index (χ1v) is 16.4. The van der Waals surface area contributed by atoms with Gasteiger partial charge in [-0.15, -0.1) is 0 Å². The van der Waals surface area contributed by atoms with E-state index in [0.717, 1.165) is 19.3 Å². The minimum atomic E-state index is 0.940. The minimum Gasteiger partial charge on any atom is -0.0616 e. The highest BCUT2D eigenvalue weighted by Crippen LogP contribution is 2.51. The fourth-order valence-corrected chi connectivity index (χ4v) is 8.49. The maximum absolute atomic E-state index is 2.37. The van der Waals surface area contributed by atoms with Crippen molar-refractivity contribution in [1.82, 2.24) is 0 Å². The van der Waals surface area contributed by atoms with Crippen LogP contribution in [0.1, 0.15) is 36.1 Å². The molecule has 1 aliphatic carbocycles. The van der Waals surface area contributed by atoms with Gasteiger partial charge in [0.05, 0.1) is 0 Å². The Morgan fingerprint density at radius 3 is 1.16 bits per heavy atom. The molecular weight excluding hydrogens is 540 g/mol. The maximum Gasteiger partial charge on any atom is -0.000705 e. The molecule has 0 spiro atoms. The van der Waals surface area contributed by atoms with Crippen molar-refractivity contribution in [1.29, 1.82) is 0 Å². The van der Waals surface area contributed by atoms with Crippen LogP contribution in [-0.4, -0.2) is 0 Å². The number of rotatable bonds is 4. The Morgan fingerprint density at radius 2 is 0.711 bits per heavy atom. The molecule has 1 aliphatic rings. The molecule has 0 aliphatic heterocycles. The summed E-state index contributed by atoms with van der Waals surface area (Å²) >= 11 is 0. The van der Waals surface area contributed by atoms with Gasteiger partial charge < -0.3 is 0 Å². The minimum absolute atomic E-state index is 0.940. The van der Waals surface area contributed by atoms with E-state index in [2.05, 4.69) is 147 Å². The number of aryl methyl sites for hydroxylation is 2. The van der Waals surface area contributed by atoms with E-state index in [4.69, 9.17) is 0 Å². The van der Waals surface area contributed by atoms with E-state index in [9.17, 15) is 0 Å². The zero-order valence-electron chi connectivity index (χ0n) is 25.8. The summed E-state index contributed by atoms with van der Waals surface area (Å²) < 4.78 is 0. The van der Waals surface area contributed by atoms with E-state index in [1.807, 2.05) is 0 Å². The van der Waals surface area contributed by atoms with Crippen LogP contribution in [0.5, 0.6) is 0 Å². The Balaban J connectivity index is 1.37. The first-order valence-electron chi connectivity index (χ1n) is 16.4. The summed E-state index contributed by atoms with van der Waals surface area (Å²) in [4.78, 5) is 0. The van der Waals surface area contributed by atoms with Crippen LogP contribution in [0.25, 0.3) is 76.5 Å². The smallest absolute Gasteiger partial charge is 0.000705 e. The molecule has 0 saturated heterocycles. The number of benzene rings is 8. The zero-order chi connectivity index (χ0) is 30.1. The summed E-state index contributed by atoms with van der Waals surface area (Å²) in [6, 6.07) is 50.1. The molecule has 0 radical (unpaired) electrons. The average molecular weight is 575 g/mol. The summed E-state index contributed by atoms with van der Waals surface area (Å²) in [6.07, 6.45) is 2.97. The molecule has 0 saturated carbocycles. The predicted octanol–water partition coefficient (Wildman–Crippen LogP) is 12.3. The van der Waals surface area contributed by atoms with Gasteiger partial charge in [-0.25, -0.2) is 0 Å². The summed E-state index contributed by atoms with van der Waals surface area (Å²) in [5.41, 5.74) is 13.9. The van der Waals surface area contributed by atoms with Gasteiger partial charge in [-0.2, -0.15) is 0 Å². The van der Waals surface area contributed by atoms with Crippen LogP contribution in [0.2, 0.25) is 0 Å². The third kappa shape index (κ3) is 3.72. The molecule has 0 N–H and O–H groups in total. The molecule has 45 heavy (non-hydrogen) atoms. The number of hydrogen-bond donors (Lipinski definition) is 0. The van der Waals surface area contributed by atoms with E-state index in [-0.39, 0.29) is 0 Å². The predicted molar refractivity (Wildman–Crippen MR) is 194 cm³/mol. The molecule has 214 valence electrons. The summed E-state index contributed by atoms with van der Waals surface area (Å²) in [5.74, 6) is 0. The monoisotopic (exact) mass is 574 g/mol. The van der Waals surface area contributed by atoms with Gasteiger partial charge in [0.2, 0.25) is 0 Å². The van der Waals surface area contributed by atoms with Gasteiger partial charge >= 0.3 is 0 Å². The van der Waals surface area contributed by atoms with E-state index in [1.165, 1.54) is 98.7 Å². The van der Waals surface area contributed by atoms with Crippen molar-refractivity contribution in [3.05, 3.63) is 156 Å². The highest BCUT2D eigenvalue weighted by atomic mass is 14.3. The van der Waals surface area contributed by atoms with Crippen molar-refractivity contribution in [3.63, 3.8) is 0 Å². The van der Waals surface area contributed by atoms with Gasteiger partial charge in [0.25, 0.3) is 0 Å². The molecule has 0 aromatic heterocycles. The van der Waals surface area contributed by atoms with Crippen molar-refractivity contribution < 1.29 is 0 Å². The highest BCUT2D eigenvalue weighted by molar-refractivity contribution is 6.19. The second-order valence-corrected chi connectivity index (χ2v) is 12.4. The van der Waals surface area contributed by atoms with Crippen molar-refractivity contribution in [2.24, 2.45) is 0 Å². The molecule has 8 aromatic carbocycles. The van der Waals surface area contributed by atoms with E-state index in [1.54, 1.807) is 0 Å². The molecule has 0 heteroatoms. The fraction of sp³-hybridized carbons (Fsp3) is 0.111. The molecule has 8 aromatic rings. The lowest BCUT2D eigenvalue weighted by Crippen LogP contribution is -1.95. The van der Waals surface area contributed by atoms with Crippen molar-refractivity contribution in [3.8, 4) is 33.4 Å². The lowest BCUT2D eigenvalue weighted by atomic mass is 9.84. The Morgan fingerprint density at radius 1 is 0.356 bits per heavy atom. The van der Waals surface area contributed by atoms with Gasteiger partial charge in [0, 0.05) is 0 Å². The summed E-state index contributed by atoms with van der Waals surface area (Å²) in [7, 11) is 0. The number of fused-ring (bicyclic) bond motifs is 7. The first kappa shape index (κ1) is 26.2. The van der Waals surface area contributed by atoms with Crippen molar-refractivity contribution >= 4 is 43.1 Å². The number of hydrogen-bond acceptors (Lipinski definition) is 0. The normalized spacial score (nSPS) is 12.3. The Bertz CT molecular complexity index is 2360. The van der Waals surface area contributed by atoms with Gasteiger partial charge in [-0.05, 0) is 118 Å². The molecule has 9 rings (SSSR count). The summed E-state index contributed by atoms with van der Waals surface area (Å²) in [5, 5.41) is 10.9. The van der Waals surface area contributed by atoms with Crippen LogP contribution in [-0.2, 0) is 19.3 Å². The molecule has 0 heterocycles. The Hall–Kier alpha value is -5.20. The molecule has 0 bridgehead atoms. The van der Waals surface area contributed by atoms with Crippen LogP contribution in [0.4, 0.5) is 0 Å². The highest BCUT2D eigenvalue weighted by Gasteiger charge is 2.28. The summed E-state index contributed by atoms with van der Waals surface area (Å²) in [6.45, 7) is 4.57. The van der Waals surface area contributed by atoms with Crippen molar-refractivity contribution in [2.45, 2.75) is 33.1 Å². The largest absolute Gasteiger partial charge is 0.0616 e. The molecule has 0 nitrogen and oxygen atoms in total. The van der Waals surface area contributed by atoms with Crippen LogP contribution in [0.15, 0.2) is 133 Å². The average Bonchev–Trinajstić information content (AvgIpc) is 3.49. The molecule has 0 unspecified atom stereocenters. The van der Waals surface area contributed by atoms with Crippen LogP contribution >= 0.6 is 0 Å². The fourth-order valence-electron chi connectivity index (χ4n) is 8.49. The molecular formula is C45H34. The third-order valence-corrected chi connectivity index (χ3v) is 10.3. The van der Waals surface area contributed by atoms with E-state index >= 15 is 0 Å². The maximum atomic E-state index is 2.37. The lowest BCUT2D eigenvalue weighted by Gasteiger charge is -2.20. The first-order chi connectivity index (χ1) is 22.3. The van der Waals surface area contributed by atoms with Crippen LogP contribution in [0, 0.1) is 0 Å².